The number of nitriles is 4. The molecule has 15 nitrogen and oxygen atoms in total. The molecule has 0 radical (unpaired) electrons. The molecule has 0 spiro atoms. The second-order valence-corrected chi connectivity index (χ2v) is 24.8. The number of benzene rings is 3. The number of ketones is 2. The molecule has 0 bridgehead atoms. The highest BCUT2D eigenvalue weighted by Gasteiger charge is 2.44. The fourth-order valence-corrected chi connectivity index (χ4v) is 17.5. The maximum Gasteiger partial charge on any atom is 0.527 e. The number of hydrogen-bond donors (Lipinski definition) is 0. The molecule has 1 aliphatic heterocycles. The van der Waals surface area contributed by atoms with E-state index in [4.69, 9.17) is 45.2 Å². The van der Waals surface area contributed by atoms with E-state index in [-0.39, 0.29) is 72.9 Å². The van der Waals surface area contributed by atoms with Crippen molar-refractivity contribution in [2.24, 2.45) is 8.73 Å². The van der Waals surface area contributed by atoms with Crippen LogP contribution in [0.1, 0.15) is 110 Å². The predicted molar refractivity (Wildman–Crippen MR) is 310 cm³/mol. The van der Waals surface area contributed by atoms with E-state index in [0.717, 1.165) is 83.8 Å². The van der Waals surface area contributed by atoms with Gasteiger partial charge in [0.15, 0.2) is 11.6 Å². The molecule has 0 saturated carbocycles. The van der Waals surface area contributed by atoms with Gasteiger partial charge in [-0.2, -0.15) is 54.5 Å². The second-order valence-electron chi connectivity index (χ2n) is 20.0. The van der Waals surface area contributed by atoms with E-state index < -0.39 is 22.4 Å². The van der Waals surface area contributed by atoms with Crippen LogP contribution in [0, 0.1) is 71.6 Å². The lowest BCUT2D eigenvalue weighted by Gasteiger charge is -2.19. The highest BCUT2D eigenvalue weighted by molar-refractivity contribution is 7.58. The number of aromatic nitrogens is 3. The summed E-state index contributed by atoms with van der Waals surface area (Å²) >= 11 is 7.36. The van der Waals surface area contributed by atoms with Crippen LogP contribution >= 0.6 is 45.3 Å². The zero-order valence-corrected chi connectivity index (χ0v) is 46.2. The summed E-state index contributed by atoms with van der Waals surface area (Å²) in [6, 6.07) is 22.0. The second kappa shape index (κ2) is 17.5. The summed E-state index contributed by atoms with van der Waals surface area (Å²) in [4.78, 5) is 51.3. The summed E-state index contributed by atoms with van der Waals surface area (Å²) in [6.07, 6.45) is 3.42. The molecular formula is C60H27N13O2S5. The van der Waals surface area contributed by atoms with Crippen molar-refractivity contribution in [1.82, 2.24) is 15.0 Å². The minimum absolute atomic E-state index is 0.0139. The van der Waals surface area contributed by atoms with E-state index in [9.17, 15) is 30.6 Å². The SMILES string of the molecule is [C-]#[N+]C([N+]#[C-])=C1/C(=C/c2cc3c(s2)-c2sc(-c4c5c(c(-c6cc7c(s6)-c6sc(/C=C8\C(=O)c9cc([N+]#[C-])c(C#N)cc9C8=C(C#N)C#N)cc6C7(C)C)c6nn(CC)nc46)N=S=N5)cc2C3(C)C)C(=O)c2cc(C#N)c([N+]#[C-])cc21. The molecule has 4 aliphatic carbocycles. The number of rotatable bonds is 5. The van der Waals surface area contributed by atoms with Crippen LogP contribution in [-0.4, -0.2) is 26.6 Å². The van der Waals surface area contributed by atoms with Crippen molar-refractivity contribution in [2.75, 3.05) is 0 Å². The number of nitrogens with zero attached hydrogens (tertiary/aromatic N) is 13. The number of allylic oxidation sites excluding steroid dienone is 5. The lowest BCUT2D eigenvalue weighted by atomic mass is 9.83. The van der Waals surface area contributed by atoms with Gasteiger partial charge in [0.05, 0.1) is 71.0 Å². The van der Waals surface area contributed by atoms with Gasteiger partial charge in [0.1, 0.15) is 53.3 Å². The Hall–Kier alpha value is -10.1. The van der Waals surface area contributed by atoms with Crippen molar-refractivity contribution in [3.05, 3.63) is 182 Å². The minimum atomic E-state index is -0.480. The van der Waals surface area contributed by atoms with Crippen LogP contribution in [0.15, 0.2) is 79.8 Å². The molecule has 80 heavy (non-hydrogen) atoms. The average Bonchev–Trinajstić information content (AvgIpc) is 4.54. The first-order valence-corrected chi connectivity index (χ1v) is 28.2. The van der Waals surface area contributed by atoms with Crippen LogP contribution in [-0.2, 0) is 28.7 Å². The molecule has 0 atom stereocenters. The van der Waals surface area contributed by atoms with Crippen molar-refractivity contribution in [1.29, 1.82) is 21.0 Å². The third kappa shape index (κ3) is 6.64. The van der Waals surface area contributed by atoms with E-state index in [1.54, 1.807) is 39.6 Å². The standard InChI is InChI=1S/C60H27N13O2S5/c1-10-73-69-48-46(42-19-38-56(78-42)54-36(59(38,2)3)15-28(76-54)13-34-44(27(23-63)24-64)30-11-25(21-61)41(66-7)18-33(30)53(34)75)50-51(72-80-71-50)47(49(48)70-73)43-20-39-57(79-43)55-37(60(39,4)5)16-29(77-55)14-35-45(58(67-8)68-9)31-17-40(65-6)26(22-62)12-32(31)52(35)74/h11-20H,10H2,1-5H3/b34-13-,35-14-. The monoisotopic (exact) mass is 1120 g/mol. The van der Waals surface area contributed by atoms with Crippen molar-refractivity contribution in [3.63, 3.8) is 0 Å². The number of hydrogen-bond acceptors (Lipinski definition) is 14. The molecule has 5 aliphatic rings. The molecule has 5 aromatic heterocycles. The molecule has 20 heteroatoms. The maximum atomic E-state index is 14.1. The van der Waals surface area contributed by atoms with Crippen LogP contribution in [0.3, 0.4) is 0 Å². The van der Waals surface area contributed by atoms with Gasteiger partial charge < -0.3 is 0 Å². The first-order valence-electron chi connectivity index (χ1n) is 24.2. The third-order valence-electron chi connectivity index (χ3n) is 15.2. The van der Waals surface area contributed by atoms with E-state index in [1.165, 1.54) is 46.9 Å². The van der Waals surface area contributed by atoms with Gasteiger partial charge in [0, 0.05) is 77.7 Å². The Labute approximate surface area is 475 Å². The highest BCUT2D eigenvalue weighted by Crippen LogP contribution is 2.63. The van der Waals surface area contributed by atoms with Crippen molar-refractivity contribution in [3.8, 4) is 64.7 Å². The maximum absolute atomic E-state index is 14.1. The van der Waals surface area contributed by atoms with Crippen LogP contribution in [0.2, 0.25) is 0 Å². The topological polar surface area (TPSA) is 202 Å². The summed E-state index contributed by atoms with van der Waals surface area (Å²) in [5, 5.41) is 49.9. The van der Waals surface area contributed by atoms with Crippen LogP contribution in [0.25, 0.3) is 94.1 Å². The zero-order valence-electron chi connectivity index (χ0n) is 42.2. The van der Waals surface area contributed by atoms with E-state index >= 15 is 0 Å². The third-order valence-corrected chi connectivity index (χ3v) is 20.6. The number of aryl methyl sites for hydroxylation is 1. The van der Waals surface area contributed by atoms with Crippen molar-refractivity contribution < 1.29 is 9.59 Å². The van der Waals surface area contributed by atoms with Gasteiger partial charge in [-0.15, -0.1) is 45.3 Å². The molecule has 0 amide bonds. The Morgan fingerprint density at radius 1 is 0.600 bits per heavy atom. The number of thiophene rings is 4. The van der Waals surface area contributed by atoms with E-state index in [2.05, 4.69) is 65.3 Å². The Kier molecular flexibility index (Phi) is 10.8. The molecule has 0 unspecified atom stereocenters. The molecular weight excluding hydrogens is 1100 g/mol. The number of fused-ring (bicyclic) bond motifs is 10. The van der Waals surface area contributed by atoms with Gasteiger partial charge in [-0.05, 0) is 101 Å². The first kappa shape index (κ1) is 49.5. The predicted octanol–water partition coefficient (Wildman–Crippen LogP) is 16.1. The summed E-state index contributed by atoms with van der Waals surface area (Å²) in [5.74, 6) is -1.16. The summed E-state index contributed by atoms with van der Waals surface area (Å²) in [7, 11) is 0. The molecule has 0 fully saturated rings. The fraction of sp³-hybridized carbons (Fsp3) is 0.133. The Bertz CT molecular complexity index is 4670. The molecule has 6 heterocycles. The molecule has 0 N–H and O–H groups in total. The molecule has 3 aromatic carbocycles. The van der Waals surface area contributed by atoms with Crippen LogP contribution < -0.4 is 0 Å². The molecule has 0 saturated heterocycles. The lowest BCUT2D eigenvalue weighted by Crippen LogP contribution is -2.13. The van der Waals surface area contributed by atoms with Gasteiger partial charge in [-0.25, -0.2) is 9.69 Å². The fourth-order valence-electron chi connectivity index (χ4n) is 11.3. The average molecular weight is 1120 g/mol. The number of carbonyl (C=O) groups excluding carboxylic acids is 2. The van der Waals surface area contributed by atoms with Gasteiger partial charge in [-0.3, -0.25) is 9.59 Å². The van der Waals surface area contributed by atoms with Gasteiger partial charge >= 0.3 is 5.82 Å². The largest absolute Gasteiger partial charge is 0.527 e. The molecule has 13 rings (SSSR count). The first-order chi connectivity index (χ1) is 38.6. The van der Waals surface area contributed by atoms with Crippen molar-refractivity contribution in [2.45, 2.75) is 52.0 Å². The summed E-state index contributed by atoms with van der Waals surface area (Å²) in [6.45, 7) is 42.0. The van der Waals surface area contributed by atoms with Gasteiger partial charge in [0.2, 0.25) is 11.4 Å². The smallest absolute Gasteiger partial charge is 0.289 e. The normalized spacial score (nSPS) is 15.8. The quantitative estimate of drug-likeness (QED) is 0.0919. The molecule has 8 aromatic rings. The number of carbonyl (C=O) groups is 2. The van der Waals surface area contributed by atoms with Crippen LogP contribution in [0.4, 0.5) is 22.7 Å². The lowest BCUT2D eigenvalue weighted by molar-refractivity contribution is 0.103. The van der Waals surface area contributed by atoms with Gasteiger partial charge in [0.25, 0.3) is 0 Å². The van der Waals surface area contributed by atoms with Crippen LogP contribution in [0.5, 0.6) is 0 Å². The number of Topliss-reactive ketones (excluding diaryl/α,β-unsaturated/α-hetero) is 2. The molecule has 374 valence electrons. The summed E-state index contributed by atoms with van der Waals surface area (Å²) in [5.41, 5.74) is 9.13. The highest BCUT2D eigenvalue weighted by atomic mass is 32.1. The summed E-state index contributed by atoms with van der Waals surface area (Å²) < 4.78 is 9.93. The minimum Gasteiger partial charge on any atom is -0.289 e. The Morgan fingerprint density at radius 2 is 1.02 bits per heavy atom. The Morgan fingerprint density at radius 3 is 1.48 bits per heavy atom. The zero-order chi connectivity index (χ0) is 56.0. The van der Waals surface area contributed by atoms with Crippen molar-refractivity contribution >= 4 is 125 Å². The van der Waals surface area contributed by atoms with Gasteiger partial charge in [-0.1, -0.05) is 27.7 Å². The van der Waals surface area contributed by atoms with E-state index in [1.807, 2.05) is 37.3 Å². The Balaban J connectivity index is 0.901. The van der Waals surface area contributed by atoms with E-state index in [0.29, 0.717) is 34.5 Å².